The molecule has 0 aliphatic carbocycles. The summed E-state index contributed by atoms with van der Waals surface area (Å²) >= 11 is 13.3. The van der Waals surface area contributed by atoms with E-state index in [9.17, 15) is 14.9 Å². The minimum Gasteiger partial charge on any atom is -0.378 e. The number of morpholine rings is 1. The molecule has 31 heavy (non-hydrogen) atoms. The van der Waals surface area contributed by atoms with Gasteiger partial charge in [0.2, 0.25) is 0 Å². The molecule has 2 aliphatic heterocycles. The van der Waals surface area contributed by atoms with Crippen molar-refractivity contribution < 1.29 is 14.5 Å². The van der Waals surface area contributed by atoms with Crippen LogP contribution in [-0.4, -0.2) is 42.3 Å². The molecule has 4 rings (SSSR count). The standard InChI is InChI=1S/C20H16Cl2N4O4S/c21-13-2-1-3-14(18(13)22)23-20-24-19(27)17(31-20)11-12-4-5-15(16(10-12)26(28)29)25-6-8-30-9-7-25/h1-5,10-11H,6-9H2,(H,23,24,27)/b17-11+. The molecule has 0 aromatic heterocycles. The van der Waals surface area contributed by atoms with Gasteiger partial charge in [-0.1, -0.05) is 35.3 Å². The molecule has 0 saturated carbocycles. The van der Waals surface area contributed by atoms with Crippen molar-refractivity contribution in [1.82, 2.24) is 5.32 Å². The molecule has 2 aliphatic rings. The van der Waals surface area contributed by atoms with Gasteiger partial charge in [-0.15, -0.1) is 0 Å². The van der Waals surface area contributed by atoms with E-state index >= 15 is 0 Å². The van der Waals surface area contributed by atoms with Gasteiger partial charge in [-0.05, 0) is 41.6 Å². The number of amides is 1. The number of rotatable bonds is 4. The van der Waals surface area contributed by atoms with Crippen LogP contribution in [-0.2, 0) is 9.53 Å². The first-order valence-corrected chi connectivity index (χ1v) is 10.8. The number of nitro groups is 1. The monoisotopic (exact) mass is 478 g/mol. The third kappa shape index (κ3) is 4.85. The summed E-state index contributed by atoms with van der Waals surface area (Å²) in [6, 6.07) is 9.96. The molecule has 2 fully saturated rings. The predicted molar refractivity (Wildman–Crippen MR) is 123 cm³/mol. The fourth-order valence-electron chi connectivity index (χ4n) is 3.17. The van der Waals surface area contributed by atoms with Gasteiger partial charge in [0.25, 0.3) is 11.6 Å². The number of hydrogen-bond acceptors (Lipinski definition) is 7. The minimum atomic E-state index is -0.414. The van der Waals surface area contributed by atoms with Gasteiger partial charge in [0.15, 0.2) is 5.17 Å². The number of thioether (sulfide) groups is 1. The molecular formula is C20H16Cl2N4O4S. The molecule has 160 valence electrons. The van der Waals surface area contributed by atoms with Crippen molar-refractivity contribution in [3.63, 3.8) is 0 Å². The van der Waals surface area contributed by atoms with Crippen molar-refractivity contribution >= 4 is 69.2 Å². The Kier molecular flexibility index (Phi) is 6.47. The van der Waals surface area contributed by atoms with E-state index in [-0.39, 0.29) is 11.6 Å². The number of nitro benzene ring substituents is 1. The smallest absolute Gasteiger partial charge is 0.293 e. The van der Waals surface area contributed by atoms with Crippen molar-refractivity contribution in [2.75, 3.05) is 31.2 Å². The summed E-state index contributed by atoms with van der Waals surface area (Å²) in [6.07, 6.45) is 1.60. The Bertz CT molecular complexity index is 1120. The summed E-state index contributed by atoms with van der Waals surface area (Å²) in [4.78, 5) is 30.2. The lowest BCUT2D eigenvalue weighted by molar-refractivity contribution is -0.384. The Balaban J connectivity index is 1.60. The van der Waals surface area contributed by atoms with E-state index in [2.05, 4.69) is 10.3 Å². The van der Waals surface area contributed by atoms with Crippen LogP contribution < -0.4 is 10.2 Å². The van der Waals surface area contributed by atoms with Crippen molar-refractivity contribution in [3.05, 3.63) is 67.0 Å². The highest BCUT2D eigenvalue weighted by Gasteiger charge is 2.26. The van der Waals surface area contributed by atoms with Crippen LogP contribution in [0.4, 0.5) is 17.1 Å². The van der Waals surface area contributed by atoms with Crippen LogP contribution in [0.15, 0.2) is 46.3 Å². The van der Waals surface area contributed by atoms with Crippen LogP contribution in [0.1, 0.15) is 5.56 Å². The quantitative estimate of drug-likeness (QED) is 0.390. The maximum atomic E-state index is 12.4. The van der Waals surface area contributed by atoms with Crippen LogP contribution in [0, 0.1) is 10.1 Å². The lowest BCUT2D eigenvalue weighted by Gasteiger charge is -2.28. The number of hydrogen-bond donors (Lipinski definition) is 1. The molecule has 2 aromatic carbocycles. The van der Waals surface area contributed by atoms with Crippen LogP contribution in [0.25, 0.3) is 6.08 Å². The van der Waals surface area contributed by atoms with E-state index in [0.717, 1.165) is 11.8 Å². The highest BCUT2D eigenvalue weighted by Crippen LogP contribution is 2.35. The summed E-state index contributed by atoms with van der Waals surface area (Å²) in [5.41, 5.74) is 1.50. The van der Waals surface area contributed by atoms with Gasteiger partial charge in [0.05, 0.1) is 38.8 Å². The molecule has 0 unspecified atom stereocenters. The SMILES string of the molecule is O=C1NC(=Nc2cccc(Cl)c2Cl)S/C1=C/c1ccc(N2CCOCC2)c([N+](=O)[O-])c1. The van der Waals surface area contributed by atoms with Gasteiger partial charge >= 0.3 is 0 Å². The van der Waals surface area contributed by atoms with Gasteiger partial charge in [-0.2, -0.15) is 0 Å². The molecule has 8 nitrogen and oxygen atoms in total. The van der Waals surface area contributed by atoms with Crippen molar-refractivity contribution in [3.8, 4) is 0 Å². The maximum Gasteiger partial charge on any atom is 0.293 e. The normalized spacial score (nSPS) is 19.2. The predicted octanol–water partition coefficient (Wildman–Crippen LogP) is 4.63. The summed E-state index contributed by atoms with van der Waals surface area (Å²) in [6.45, 7) is 2.23. The average Bonchev–Trinajstić information content (AvgIpc) is 3.10. The van der Waals surface area contributed by atoms with E-state index in [1.54, 1.807) is 36.4 Å². The zero-order valence-corrected chi connectivity index (χ0v) is 18.3. The van der Waals surface area contributed by atoms with Crippen molar-refractivity contribution in [2.24, 2.45) is 4.99 Å². The number of halogens is 2. The molecule has 0 radical (unpaired) electrons. The van der Waals surface area contributed by atoms with Gasteiger partial charge in [0.1, 0.15) is 5.69 Å². The maximum absolute atomic E-state index is 12.4. The fourth-order valence-corrected chi connectivity index (χ4v) is 4.34. The molecule has 1 N–H and O–H groups in total. The Morgan fingerprint density at radius 2 is 2.00 bits per heavy atom. The molecule has 0 spiro atoms. The number of nitrogens with zero attached hydrogens (tertiary/aromatic N) is 3. The van der Waals surface area contributed by atoms with Crippen LogP contribution in [0.3, 0.4) is 0 Å². The molecule has 0 atom stereocenters. The number of ether oxygens (including phenoxy) is 1. The van der Waals surface area contributed by atoms with Gasteiger partial charge < -0.3 is 15.0 Å². The highest BCUT2D eigenvalue weighted by molar-refractivity contribution is 8.18. The molecule has 2 heterocycles. The number of benzene rings is 2. The van der Waals surface area contributed by atoms with Gasteiger partial charge in [-0.3, -0.25) is 14.9 Å². The molecule has 0 bridgehead atoms. The Labute approximate surface area is 192 Å². The lowest BCUT2D eigenvalue weighted by Crippen LogP contribution is -2.36. The van der Waals surface area contributed by atoms with E-state index in [4.69, 9.17) is 27.9 Å². The van der Waals surface area contributed by atoms with E-state index in [1.165, 1.54) is 6.07 Å². The largest absolute Gasteiger partial charge is 0.378 e. The average molecular weight is 479 g/mol. The zero-order chi connectivity index (χ0) is 22.0. The van der Waals surface area contributed by atoms with Crippen molar-refractivity contribution in [1.29, 1.82) is 0 Å². The second kappa shape index (κ2) is 9.27. The molecule has 11 heteroatoms. The van der Waals surface area contributed by atoms with E-state index in [1.807, 2.05) is 4.90 Å². The van der Waals surface area contributed by atoms with Crippen LogP contribution in [0.5, 0.6) is 0 Å². The third-order valence-corrected chi connectivity index (χ3v) is 6.37. The Morgan fingerprint density at radius 1 is 1.23 bits per heavy atom. The first-order valence-electron chi connectivity index (χ1n) is 9.27. The number of amidine groups is 1. The molecule has 1 amide bonds. The first-order chi connectivity index (χ1) is 14.9. The first kappa shape index (κ1) is 21.6. The van der Waals surface area contributed by atoms with E-state index < -0.39 is 4.92 Å². The second-order valence-corrected chi connectivity index (χ2v) is 8.48. The zero-order valence-electron chi connectivity index (χ0n) is 16.0. The molecule has 2 aromatic rings. The van der Waals surface area contributed by atoms with Crippen molar-refractivity contribution in [2.45, 2.75) is 0 Å². The Morgan fingerprint density at radius 3 is 2.74 bits per heavy atom. The summed E-state index contributed by atoms with van der Waals surface area (Å²) in [5, 5.41) is 15.3. The van der Waals surface area contributed by atoms with Crippen LogP contribution >= 0.6 is 35.0 Å². The van der Waals surface area contributed by atoms with Gasteiger partial charge in [0, 0.05) is 19.2 Å². The number of nitrogens with one attached hydrogen (secondary N) is 1. The fraction of sp³-hybridized carbons (Fsp3) is 0.200. The second-order valence-electron chi connectivity index (χ2n) is 6.66. The minimum absolute atomic E-state index is 0.0146. The summed E-state index contributed by atoms with van der Waals surface area (Å²) in [7, 11) is 0. The molecular weight excluding hydrogens is 463 g/mol. The summed E-state index contributed by atoms with van der Waals surface area (Å²) < 4.78 is 5.32. The highest BCUT2D eigenvalue weighted by atomic mass is 35.5. The topological polar surface area (TPSA) is 97.1 Å². The lowest BCUT2D eigenvalue weighted by atomic mass is 10.1. The van der Waals surface area contributed by atoms with E-state index in [0.29, 0.717) is 63.4 Å². The third-order valence-electron chi connectivity index (χ3n) is 4.65. The number of aliphatic imine (C=N–C) groups is 1. The number of carbonyl (C=O) groups is 1. The van der Waals surface area contributed by atoms with Crippen LogP contribution in [0.2, 0.25) is 10.0 Å². The number of carbonyl (C=O) groups excluding carboxylic acids is 1. The Hall–Kier alpha value is -2.59. The summed E-state index contributed by atoms with van der Waals surface area (Å²) in [5.74, 6) is -0.346. The van der Waals surface area contributed by atoms with Gasteiger partial charge in [-0.25, -0.2) is 4.99 Å². The number of anilines is 1. The molecule has 2 saturated heterocycles.